The van der Waals surface area contributed by atoms with Crippen molar-refractivity contribution in [2.75, 3.05) is 24.9 Å². The van der Waals surface area contributed by atoms with Crippen LogP contribution in [0, 0.1) is 6.92 Å². The maximum atomic E-state index is 5.34. The summed E-state index contributed by atoms with van der Waals surface area (Å²) >= 11 is 0. The molecule has 2 heterocycles. The van der Waals surface area contributed by atoms with Gasteiger partial charge >= 0.3 is 0 Å². The van der Waals surface area contributed by atoms with E-state index in [2.05, 4.69) is 31.0 Å². The van der Waals surface area contributed by atoms with E-state index in [0.717, 1.165) is 5.69 Å². The maximum absolute atomic E-state index is 5.34. The van der Waals surface area contributed by atoms with Crippen LogP contribution in [0.2, 0.25) is 0 Å². The average Bonchev–Trinajstić information content (AvgIpc) is 3.00. The molecular formula is C15H16N6O3. The lowest BCUT2D eigenvalue weighted by Crippen LogP contribution is -2.03. The van der Waals surface area contributed by atoms with Crippen LogP contribution in [0.3, 0.4) is 0 Å². The molecule has 124 valence electrons. The van der Waals surface area contributed by atoms with E-state index in [1.54, 1.807) is 33.3 Å². The summed E-state index contributed by atoms with van der Waals surface area (Å²) in [4.78, 5) is 4.33. The van der Waals surface area contributed by atoms with Gasteiger partial charge < -0.3 is 24.6 Å². The molecule has 2 aromatic heterocycles. The summed E-state index contributed by atoms with van der Waals surface area (Å²) in [6.45, 7) is 1.80. The zero-order chi connectivity index (χ0) is 16.9. The smallest absolute Gasteiger partial charge is 0.250 e. The number of hydrogen-bond acceptors (Lipinski definition) is 9. The van der Waals surface area contributed by atoms with Gasteiger partial charge in [0.2, 0.25) is 5.95 Å². The summed E-state index contributed by atoms with van der Waals surface area (Å²) in [7, 11) is 3.18. The number of benzene rings is 1. The number of nitrogens with zero attached hydrogens (tertiary/aromatic N) is 4. The largest absolute Gasteiger partial charge is 0.497 e. The molecule has 1 aromatic carbocycles. The Hall–Kier alpha value is -3.36. The van der Waals surface area contributed by atoms with Crippen LogP contribution >= 0.6 is 0 Å². The highest BCUT2D eigenvalue weighted by molar-refractivity contribution is 5.66. The summed E-state index contributed by atoms with van der Waals surface area (Å²) in [5.41, 5.74) is 0.724. The monoisotopic (exact) mass is 328 g/mol. The molecule has 2 N–H and O–H groups in total. The number of aryl methyl sites for hydroxylation is 1. The van der Waals surface area contributed by atoms with Crippen molar-refractivity contribution >= 4 is 23.3 Å². The van der Waals surface area contributed by atoms with Crippen LogP contribution in [0.1, 0.15) is 5.76 Å². The third kappa shape index (κ3) is 3.51. The Morgan fingerprint density at radius 3 is 2.62 bits per heavy atom. The Kier molecular flexibility index (Phi) is 4.41. The summed E-state index contributed by atoms with van der Waals surface area (Å²) in [5.74, 6) is 3.30. The predicted molar refractivity (Wildman–Crippen MR) is 87.2 cm³/mol. The molecule has 0 fully saturated rings. The van der Waals surface area contributed by atoms with E-state index in [9.17, 15) is 0 Å². The van der Waals surface area contributed by atoms with Crippen LogP contribution in [-0.4, -0.2) is 34.6 Å². The van der Waals surface area contributed by atoms with Crippen LogP contribution in [0.15, 0.2) is 35.0 Å². The minimum absolute atomic E-state index is 0.292. The SMILES string of the molecule is COc1ccc(Nc2cnnc(Nc3cc(C)on3)n2)c(OC)c1. The fraction of sp³-hybridized carbons (Fsp3) is 0.200. The summed E-state index contributed by atoms with van der Waals surface area (Å²) in [5, 5.41) is 17.7. The number of hydrogen-bond donors (Lipinski definition) is 2. The van der Waals surface area contributed by atoms with Crippen LogP contribution in [0.4, 0.5) is 23.3 Å². The minimum atomic E-state index is 0.292. The molecule has 0 bridgehead atoms. The van der Waals surface area contributed by atoms with Crippen molar-refractivity contribution in [1.29, 1.82) is 0 Å². The van der Waals surface area contributed by atoms with Gasteiger partial charge in [0, 0.05) is 12.1 Å². The standard InChI is InChI=1S/C15H16N6O3/c1-9-6-13(21-24-9)18-15-19-14(8-16-20-15)17-11-5-4-10(22-2)7-12(11)23-3/h4-8H,1-3H3,(H2,17,18,19,20,21). The van der Waals surface area contributed by atoms with Crippen LogP contribution < -0.4 is 20.1 Å². The van der Waals surface area contributed by atoms with Crippen molar-refractivity contribution < 1.29 is 14.0 Å². The van der Waals surface area contributed by atoms with Gasteiger partial charge in [0.15, 0.2) is 11.6 Å². The molecule has 3 aromatic rings. The summed E-state index contributed by atoms with van der Waals surface area (Å²) in [6, 6.07) is 7.15. The molecule has 0 aliphatic heterocycles. The second-order valence-electron chi connectivity index (χ2n) is 4.80. The number of ether oxygens (including phenoxy) is 2. The van der Waals surface area contributed by atoms with Gasteiger partial charge in [0.25, 0.3) is 0 Å². The van der Waals surface area contributed by atoms with E-state index in [4.69, 9.17) is 14.0 Å². The summed E-state index contributed by atoms with van der Waals surface area (Å²) < 4.78 is 15.5. The molecule has 0 radical (unpaired) electrons. The highest BCUT2D eigenvalue weighted by atomic mass is 16.5. The van der Waals surface area contributed by atoms with Crippen molar-refractivity contribution in [1.82, 2.24) is 20.3 Å². The molecule has 9 nitrogen and oxygen atoms in total. The number of aromatic nitrogens is 4. The van der Waals surface area contributed by atoms with E-state index in [0.29, 0.717) is 34.8 Å². The number of anilines is 4. The lowest BCUT2D eigenvalue weighted by atomic mass is 10.2. The lowest BCUT2D eigenvalue weighted by Gasteiger charge is -2.12. The molecule has 0 atom stereocenters. The first kappa shape index (κ1) is 15.5. The fourth-order valence-electron chi connectivity index (χ4n) is 2.00. The van der Waals surface area contributed by atoms with Crippen LogP contribution in [0.5, 0.6) is 11.5 Å². The van der Waals surface area contributed by atoms with Gasteiger partial charge in [-0.3, -0.25) is 0 Å². The molecular weight excluding hydrogens is 312 g/mol. The van der Waals surface area contributed by atoms with E-state index in [1.807, 2.05) is 12.1 Å². The van der Waals surface area contributed by atoms with Gasteiger partial charge in [-0.15, -0.1) is 5.10 Å². The van der Waals surface area contributed by atoms with Gasteiger partial charge in [0.1, 0.15) is 17.3 Å². The molecule has 0 spiro atoms. The number of rotatable bonds is 6. The Balaban J connectivity index is 1.79. The second kappa shape index (κ2) is 6.82. The average molecular weight is 328 g/mol. The topological polar surface area (TPSA) is 107 Å². The van der Waals surface area contributed by atoms with E-state index in [-0.39, 0.29) is 0 Å². The quantitative estimate of drug-likeness (QED) is 0.706. The van der Waals surface area contributed by atoms with Crippen molar-refractivity contribution in [3.05, 3.63) is 36.2 Å². The number of methoxy groups -OCH3 is 2. The highest BCUT2D eigenvalue weighted by Gasteiger charge is 2.08. The molecule has 3 rings (SSSR count). The van der Waals surface area contributed by atoms with Gasteiger partial charge in [-0.25, -0.2) is 0 Å². The third-order valence-electron chi connectivity index (χ3n) is 3.10. The first-order chi connectivity index (χ1) is 11.7. The molecule has 0 saturated heterocycles. The van der Waals surface area contributed by atoms with Gasteiger partial charge in [-0.1, -0.05) is 5.16 Å². The predicted octanol–water partition coefficient (Wildman–Crippen LogP) is 2.67. The van der Waals surface area contributed by atoms with Crippen molar-refractivity contribution in [2.45, 2.75) is 6.92 Å². The first-order valence-corrected chi connectivity index (χ1v) is 7.07. The highest BCUT2D eigenvalue weighted by Crippen LogP contribution is 2.31. The van der Waals surface area contributed by atoms with E-state index >= 15 is 0 Å². The molecule has 0 aliphatic carbocycles. The Labute approximate surface area is 138 Å². The van der Waals surface area contributed by atoms with Crippen LogP contribution in [0.25, 0.3) is 0 Å². The third-order valence-corrected chi connectivity index (χ3v) is 3.10. The van der Waals surface area contributed by atoms with Crippen molar-refractivity contribution in [2.24, 2.45) is 0 Å². The molecule has 0 saturated carbocycles. The van der Waals surface area contributed by atoms with Gasteiger partial charge in [-0.2, -0.15) is 10.1 Å². The molecule has 24 heavy (non-hydrogen) atoms. The Morgan fingerprint density at radius 1 is 1.04 bits per heavy atom. The molecule has 9 heteroatoms. The van der Waals surface area contributed by atoms with Gasteiger partial charge in [-0.05, 0) is 19.1 Å². The van der Waals surface area contributed by atoms with Crippen molar-refractivity contribution in [3.8, 4) is 11.5 Å². The fourth-order valence-corrected chi connectivity index (χ4v) is 2.00. The lowest BCUT2D eigenvalue weighted by molar-refractivity contribution is 0.395. The van der Waals surface area contributed by atoms with Crippen LogP contribution in [-0.2, 0) is 0 Å². The normalized spacial score (nSPS) is 10.3. The Bertz CT molecular complexity index is 836. The maximum Gasteiger partial charge on any atom is 0.250 e. The molecule has 0 amide bonds. The van der Waals surface area contributed by atoms with Crippen molar-refractivity contribution in [3.63, 3.8) is 0 Å². The molecule has 0 aliphatic rings. The van der Waals surface area contributed by atoms with E-state index < -0.39 is 0 Å². The number of nitrogens with one attached hydrogen (secondary N) is 2. The van der Waals surface area contributed by atoms with E-state index in [1.165, 1.54) is 6.20 Å². The van der Waals surface area contributed by atoms with Gasteiger partial charge in [0.05, 0.1) is 26.1 Å². The Morgan fingerprint density at radius 2 is 1.92 bits per heavy atom. The minimum Gasteiger partial charge on any atom is -0.497 e. The zero-order valence-corrected chi connectivity index (χ0v) is 13.4. The zero-order valence-electron chi connectivity index (χ0n) is 13.4. The summed E-state index contributed by atoms with van der Waals surface area (Å²) in [6.07, 6.45) is 1.50. The molecule has 0 unspecified atom stereocenters. The first-order valence-electron chi connectivity index (χ1n) is 7.07. The second-order valence-corrected chi connectivity index (χ2v) is 4.80.